The highest BCUT2D eigenvalue weighted by atomic mass is 32.1. The molecule has 10 rings (SSSR count). The van der Waals surface area contributed by atoms with Gasteiger partial charge in [-0.1, -0.05) is 109 Å². The molecular weight excluding hydrogens is 613 g/mol. The summed E-state index contributed by atoms with van der Waals surface area (Å²) in [4.78, 5) is 3.84. The van der Waals surface area contributed by atoms with Crippen LogP contribution in [0.4, 0.5) is 17.1 Å². The molecule has 1 aliphatic carbocycles. The number of thiophene rings is 1. The van der Waals surface area contributed by atoms with Gasteiger partial charge in [-0.05, 0) is 101 Å². The highest BCUT2D eigenvalue weighted by molar-refractivity contribution is 7.20. The summed E-state index contributed by atoms with van der Waals surface area (Å²) in [5.41, 5.74) is 11.0. The van der Waals surface area contributed by atoms with Crippen molar-refractivity contribution in [2.45, 2.75) is 12.8 Å². The standard InChI is InChI=1S/C46H32N2S/c1-3-12-31(13-4-1)33-14-11-17-35(28-33)47(37-25-27-40-39-19-8-10-21-44(39)49-45(40)30-37)36-24-22-32-23-26-41-38-18-7-9-20-43(38)48(46(41)42(32)29-36)34-15-5-2-6-16-34/h1-7,9-18,20-30H,8,19H2. The molecule has 3 heteroatoms. The van der Waals surface area contributed by atoms with Gasteiger partial charge in [0.15, 0.2) is 0 Å². The van der Waals surface area contributed by atoms with E-state index in [-0.39, 0.29) is 0 Å². The van der Waals surface area contributed by atoms with Gasteiger partial charge in [0.05, 0.1) is 11.0 Å². The molecule has 0 unspecified atom stereocenters. The van der Waals surface area contributed by atoms with Crippen molar-refractivity contribution >= 4 is 77.1 Å². The molecule has 1 aliphatic rings. The summed E-state index contributed by atoms with van der Waals surface area (Å²) in [5.74, 6) is 0. The number of fused-ring (bicyclic) bond motifs is 8. The Bertz CT molecular complexity index is 2710. The summed E-state index contributed by atoms with van der Waals surface area (Å²) < 4.78 is 3.78. The molecule has 0 bridgehead atoms. The molecule has 49 heavy (non-hydrogen) atoms. The minimum absolute atomic E-state index is 1.12. The molecule has 9 aromatic rings. The summed E-state index contributed by atoms with van der Waals surface area (Å²) in [7, 11) is 0. The maximum Gasteiger partial charge on any atom is 0.0620 e. The van der Waals surface area contributed by atoms with Gasteiger partial charge in [0.1, 0.15) is 0 Å². The van der Waals surface area contributed by atoms with E-state index in [1.54, 1.807) is 0 Å². The Hall–Kier alpha value is -5.90. The maximum absolute atomic E-state index is 2.44. The first-order valence-electron chi connectivity index (χ1n) is 17.0. The first-order chi connectivity index (χ1) is 24.3. The van der Waals surface area contributed by atoms with Gasteiger partial charge < -0.3 is 9.47 Å². The van der Waals surface area contributed by atoms with Gasteiger partial charge in [0.25, 0.3) is 0 Å². The van der Waals surface area contributed by atoms with Crippen LogP contribution in [-0.2, 0) is 6.42 Å². The number of aromatic nitrogens is 1. The Morgan fingerprint density at radius 1 is 0.531 bits per heavy atom. The van der Waals surface area contributed by atoms with Gasteiger partial charge >= 0.3 is 0 Å². The molecule has 0 spiro atoms. The Morgan fingerprint density at radius 2 is 1.24 bits per heavy atom. The van der Waals surface area contributed by atoms with Crippen molar-refractivity contribution in [3.05, 3.63) is 174 Å². The SMILES string of the molecule is C1=Cc2sc3cc(N(c4cccc(-c5ccccc5)c4)c4ccc5ccc6c7ccccc7n(-c7ccccc7)c6c5c4)ccc3c2CC1. The lowest BCUT2D eigenvalue weighted by Gasteiger charge is -2.27. The van der Waals surface area contributed by atoms with Crippen LogP contribution < -0.4 is 4.90 Å². The summed E-state index contributed by atoms with van der Waals surface area (Å²) >= 11 is 1.91. The van der Waals surface area contributed by atoms with Crippen molar-refractivity contribution in [1.82, 2.24) is 4.57 Å². The molecule has 0 aliphatic heterocycles. The normalized spacial score (nSPS) is 12.7. The van der Waals surface area contributed by atoms with E-state index in [1.807, 2.05) is 11.3 Å². The molecule has 232 valence electrons. The number of allylic oxidation sites excluding steroid dienone is 1. The average molecular weight is 645 g/mol. The quantitative estimate of drug-likeness (QED) is 0.181. The molecule has 7 aromatic carbocycles. The molecule has 0 saturated carbocycles. The minimum Gasteiger partial charge on any atom is -0.310 e. The number of rotatable bonds is 5. The first kappa shape index (κ1) is 28.1. The van der Waals surface area contributed by atoms with Crippen LogP contribution >= 0.6 is 11.3 Å². The van der Waals surface area contributed by atoms with E-state index in [1.165, 1.54) is 69.9 Å². The lowest BCUT2D eigenvalue weighted by atomic mass is 10.0. The third-order valence-electron chi connectivity index (χ3n) is 10.0. The van der Waals surface area contributed by atoms with Crippen LogP contribution in [-0.4, -0.2) is 4.57 Å². The van der Waals surface area contributed by atoms with Gasteiger partial charge in [-0.25, -0.2) is 0 Å². The van der Waals surface area contributed by atoms with E-state index in [0.29, 0.717) is 0 Å². The third-order valence-corrected chi connectivity index (χ3v) is 11.2. The number of para-hydroxylation sites is 2. The van der Waals surface area contributed by atoms with Crippen molar-refractivity contribution in [2.75, 3.05) is 4.90 Å². The first-order valence-corrected chi connectivity index (χ1v) is 17.8. The lowest BCUT2D eigenvalue weighted by molar-refractivity contribution is 1.01. The van der Waals surface area contributed by atoms with Gasteiger partial charge in [-0.15, -0.1) is 11.3 Å². The summed E-state index contributed by atoms with van der Waals surface area (Å²) in [6.45, 7) is 0. The number of hydrogen-bond donors (Lipinski definition) is 0. The number of hydrogen-bond acceptors (Lipinski definition) is 2. The maximum atomic E-state index is 2.44. The summed E-state index contributed by atoms with van der Waals surface area (Å²) in [6.07, 6.45) is 6.85. The van der Waals surface area contributed by atoms with Crippen LogP contribution in [0.3, 0.4) is 0 Å². The summed E-state index contributed by atoms with van der Waals surface area (Å²) in [5, 5.41) is 6.38. The predicted molar refractivity (Wildman–Crippen MR) is 211 cm³/mol. The van der Waals surface area contributed by atoms with Gasteiger partial charge in [-0.2, -0.15) is 0 Å². The van der Waals surface area contributed by atoms with Crippen molar-refractivity contribution < 1.29 is 0 Å². The topological polar surface area (TPSA) is 8.17 Å². The average Bonchev–Trinajstić information content (AvgIpc) is 3.71. The fraction of sp³-hybridized carbons (Fsp3) is 0.0435. The van der Waals surface area contributed by atoms with Crippen molar-refractivity contribution in [1.29, 1.82) is 0 Å². The largest absolute Gasteiger partial charge is 0.310 e. The zero-order valence-electron chi connectivity index (χ0n) is 26.9. The van der Waals surface area contributed by atoms with E-state index in [2.05, 4.69) is 179 Å². The molecule has 0 N–H and O–H groups in total. The van der Waals surface area contributed by atoms with Gasteiger partial charge in [0, 0.05) is 48.5 Å². The van der Waals surface area contributed by atoms with Crippen LogP contribution in [0.15, 0.2) is 164 Å². The van der Waals surface area contributed by atoms with Crippen molar-refractivity contribution in [3.63, 3.8) is 0 Å². The predicted octanol–water partition coefficient (Wildman–Crippen LogP) is 13.2. The highest BCUT2D eigenvalue weighted by Crippen LogP contribution is 2.44. The second-order valence-electron chi connectivity index (χ2n) is 12.9. The Morgan fingerprint density at radius 3 is 2.14 bits per heavy atom. The Labute approximate surface area is 289 Å². The number of nitrogens with zero attached hydrogens (tertiary/aromatic N) is 2. The van der Waals surface area contributed by atoms with E-state index in [4.69, 9.17) is 0 Å². The zero-order valence-corrected chi connectivity index (χ0v) is 27.7. The zero-order chi connectivity index (χ0) is 32.3. The molecule has 0 saturated heterocycles. The molecular formula is C46H32N2S. The van der Waals surface area contributed by atoms with Gasteiger partial charge in [-0.3, -0.25) is 0 Å². The molecule has 2 nitrogen and oxygen atoms in total. The number of anilines is 3. The monoisotopic (exact) mass is 644 g/mol. The molecule has 2 heterocycles. The van der Waals surface area contributed by atoms with Crippen LogP contribution in [0.1, 0.15) is 16.9 Å². The van der Waals surface area contributed by atoms with E-state index >= 15 is 0 Å². The fourth-order valence-electron chi connectivity index (χ4n) is 7.76. The number of aryl methyl sites for hydroxylation is 1. The van der Waals surface area contributed by atoms with E-state index in [9.17, 15) is 0 Å². The van der Waals surface area contributed by atoms with E-state index < -0.39 is 0 Å². The smallest absolute Gasteiger partial charge is 0.0620 e. The van der Waals surface area contributed by atoms with E-state index in [0.717, 1.165) is 29.9 Å². The van der Waals surface area contributed by atoms with Crippen LogP contribution in [0.2, 0.25) is 0 Å². The lowest BCUT2D eigenvalue weighted by Crippen LogP contribution is -2.10. The van der Waals surface area contributed by atoms with Crippen molar-refractivity contribution in [3.8, 4) is 16.8 Å². The van der Waals surface area contributed by atoms with Gasteiger partial charge in [0.2, 0.25) is 0 Å². The third kappa shape index (κ3) is 4.62. The number of benzene rings is 7. The second-order valence-corrected chi connectivity index (χ2v) is 14.0. The summed E-state index contributed by atoms with van der Waals surface area (Å²) in [6, 6.07) is 57.8. The molecule has 0 atom stereocenters. The molecule has 0 radical (unpaired) electrons. The van der Waals surface area contributed by atoms with Crippen molar-refractivity contribution in [2.24, 2.45) is 0 Å². The Balaban J connectivity index is 1.24. The minimum atomic E-state index is 1.12. The van der Waals surface area contributed by atoms with Crippen LogP contribution in [0.25, 0.3) is 65.6 Å². The fourth-order valence-corrected chi connectivity index (χ4v) is 8.98. The molecule has 0 amide bonds. The molecule has 0 fully saturated rings. The Kier molecular flexibility index (Phi) is 6.53. The second kappa shape index (κ2) is 11.4. The van der Waals surface area contributed by atoms with Crippen LogP contribution in [0.5, 0.6) is 0 Å². The molecule has 2 aromatic heterocycles. The highest BCUT2D eigenvalue weighted by Gasteiger charge is 2.20. The van der Waals surface area contributed by atoms with Crippen LogP contribution in [0, 0.1) is 0 Å².